The molecule has 6 heteroatoms. The first kappa shape index (κ1) is 16.9. The Balaban J connectivity index is 2.11. The van der Waals surface area contributed by atoms with Crippen molar-refractivity contribution in [1.29, 1.82) is 0 Å². The summed E-state index contributed by atoms with van der Waals surface area (Å²) in [5, 5.41) is 8.59. The van der Waals surface area contributed by atoms with Crippen molar-refractivity contribution in [1.82, 2.24) is 4.31 Å². The van der Waals surface area contributed by atoms with Gasteiger partial charge in [0.25, 0.3) is 0 Å². The van der Waals surface area contributed by atoms with Crippen LogP contribution < -0.4 is 0 Å². The van der Waals surface area contributed by atoms with Gasteiger partial charge in [-0.25, -0.2) is 13.2 Å². The maximum atomic E-state index is 12.4. The summed E-state index contributed by atoms with van der Waals surface area (Å²) in [4.78, 5) is 10.7. The predicted molar refractivity (Wildman–Crippen MR) is 88.2 cm³/mol. The number of rotatable bonds is 6. The van der Waals surface area contributed by atoms with Crippen molar-refractivity contribution < 1.29 is 18.3 Å². The molecule has 2 aromatic carbocycles. The van der Waals surface area contributed by atoms with E-state index in [4.69, 9.17) is 5.11 Å². The van der Waals surface area contributed by atoms with E-state index >= 15 is 0 Å². The fraction of sp³-hybridized carbons (Fsp3) is 0.118. The van der Waals surface area contributed by atoms with Crippen LogP contribution in [0.4, 0.5) is 0 Å². The lowest BCUT2D eigenvalue weighted by Crippen LogP contribution is -2.26. The third-order valence-corrected chi connectivity index (χ3v) is 5.07. The second-order valence-corrected chi connectivity index (χ2v) is 7.03. The molecule has 0 aromatic heterocycles. The molecule has 120 valence electrons. The van der Waals surface area contributed by atoms with Crippen LogP contribution in [0, 0.1) is 0 Å². The van der Waals surface area contributed by atoms with Crippen LogP contribution in [0.5, 0.6) is 0 Å². The second-order valence-electron chi connectivity index (χ2n) is 4.99. The van der Waals surface area contributed by atoms with E-state index in [1.54, 1.807) is 54.6 Å². The first-order valence-corrected chi connectivity index (χ1v) is 8.35. The highest BCUT2D eigenvalue weighted by Gasteiger charge is 2.20. The average molecular weight is 331 g/mol. The van der Waals surface area contributed by atoms with Gasteiger partial charge in [-0.05, 0) is 29.3 Å². The summed E-state index contributed by atoms with van der Waals surface area (Å²) in [6, 6.07) is 15.3. The van der Waals surface area contributed by atoms with Crippen LogP contribution in [0.3, 0.4) is 0 Å². The minimum Gasteiger partial charge on any atom is -0.478 e. The lowest BCUT2D eigenvalue weighted by atomic mass is 10.1. The summed E-state index contributed by atoms with van der Waals surface area (Å²) < 4.78 is 26.1. The molecule has 5 nitrogen and oxygen atoms in total. The molecule has 0 aliphatic rings. The normalized spacial score (nSPS) is 11.9. The van der Waals surface area contributed by atoms with Gasteiger partial charge >= 0.3 is 5.97 Å². The molecule has 1 N–H and O–H groups in total. The number of sulfonamides is 1. The number of carbonyl (C=O) groups is 1. The summed E-state index contributed by atoms with van der Waals surface area (Å²) in [6.45, 7) is 0.236. The Kier molecular flexibility index (Phi) is 5.31. The van der Waals surface area contributed by atoms with Crippen LogP contribution in [0.15, 0.2) is 65.6 Å². The van der Waals surface area contributed by atoms with Gasteiger partial charge in [0.15, 0.2) is 0 Å². The minimum atomic E-state index is -3.53. The lowest BCUT2D eigenvalue weighted by Gasteiger charge is -2.17. The van der Waals surface area contributed by atoms with Gasteiger partial charge in [-0.15, -0.1) is 0 Å². The van der Waals surface area contributed by atoms with Crippen LogP contribution in [-0.4, -0.2) is 30.8 Å². The SMILES string of the molecule is CN(Cc1ccc(C=CC(=O)O)cc1)S(=O)(=O)c1ccccc1. The van der Waals surface area contributed by atoms with E-state index < -0.39 is 16.0 Å². The van der Waals surface area contributed by atoms with E-state index in [2.05, 4.69) is 0 Å². The fourth-order valence-electron chi connectivity index (χ4n) is 2.02. The van der Waals surface area contributed by atoms with E-state index in [9.17, 15) is 13.2 Å². The molecular formula is C17H17NO4S. The van der Waals surface area contributed by atoms with Gasteiger partial charge in [0.2, 0.25) is 10.0 Å². The van der Waals surface area contributed by atoms with Crippen LogP contribution in [0.2, 0.25) is 0 Å². The molecule has 0 aliphatic carbocycles. The molecule has 0 spiro atoms. The Morgan fingerprint density at radius 3 is 2.26 bits per heavy atom. The van der Waals surface area contributed by atoms with Crippen molar-refractivity contribution in [2.24, 2.45) is 0 Å². The molecule has 0 atom stereocenters. The number of carboxylic acids is 1. The Hall–Kier alpha value is -2.44. The number of aliphatic carboxylic acids is 1. The standard InChI is InChI=1S/C17H17NO4S/c1-18(23(21,22)16-5-3-2-4-6-16)13-15-9-7-14(8-10-15)11-12-17(19)20/h2-12H,13H2,1H3,(H,19,20). The van der Waals surface area contributed by atoms with Gasteiger partial charge in [-0.3, -0.25) is 0 Å². The molecule has 0 bridgehead atoms. The Morgan fingerprint density at radius 1 is 1.09 bits per heavy atom. The summed E-state index contributed by atoms with van der Waals surface area (Å²) in [5.74, 6) is -1.01. The number of carboxylic acid groups (broad SMARTS) is 1. The molecule has 23 heavy (non-hydrogen) atoms. The van der Waals surface area contributed by atoms with E-state index in [-0.39, 0.29) is 11.4 Å². The highest BCUT2D eigenvalue weighted by Crippen LogP contribution is 2.16. The highest BCUT2D eigenvalue weighted by atomic mass is 32.2. The van der Waals surface area contributed by atoms with E-state index in [1.807, 2.05) is 0 Å². The molecule has 0 radical (unpaired) electrons. The zero-order valence-electron chi connectivity index (χ0n) is 12.6. The molecule has 0 unspecified atom stereocenters. The van der Waals surface area contributed by atoms with Gasteiger partial charge < -0.3 is 5.11 Å². The van der Waals surface area contributed by atoms with E-state index in [1.165, 1.54) is 17.4 Å². The minimum absolute atomic E-state index is 0.236. The number of hydrogen-bond donors (Lipinski definition) is 1. The van der Waals surface area contributed by atoms with Crippen molar-refractivity contribution in [3.05, 3.63) is 71.8 Å². The number of nitrogens with zero attached hydrogens (tertiary/aromatic N) is 1. The van der Waals surface area contributed by atoms with Gasteiger partial charge in [0, 0.05) is 19.7 Å². The Bertz CT molecular complexity index is 796. The molecule has 0 heterocycles. The Morgan fingerprint density at radius 2 is 1.70 bits per heavy atom. The van der Waals surface area contributed by atoms with E-state index in [0.717, 1.165) is 17.2 Å². The highest BCUT2D eigenvalue weighted by molar-refractivity contribution is 7.89. The fourth-order valence-corrected chi connectivity index (χ4v) is 3.20. The topological polar surface area (TPSA) is 74.7 Å². The van der Waals surface area contributed by atoms with Crippen LogP contribution in [-0.2, 0) is 21.4 Å². The van der Waals surface area contributed by atoms with Gasteiger partial charge in [0.05, 0.1) is 4.90 Å². The van der Waals surface area contributed by atoms with Crippen molar-refractivity contribution in [3.63, 3.8) is 0 Å². The number of hydrogen-bond acceptors (Lipinski definition) is 3. The average Bonchev–Trinajstić information content (AvgIpc) is 2.55. The predicted octanol–water partition coefficient (Wildman–Crippen LogP) is 2.61. The third-order valence-electron chi connectivity index (χ3n) is 3.25. The summed E-state index contributed by atoms with van der Waals surface area (Å²) >= 11 is 0. The first-order chi connectivity index (χ1) is 10.9. The van der Waals surface area contributed by atoms with Crippen LogP contribution >= 0.6 is 0 Å². The van der Waals surface area contributed by atoms with Crippen LogP contribution in [0.1, 0.15) is 11.1 Å². The van der Waals surface area contributed by atoms with Crippen molar-refractivity contribution in [2.75, 3.05) is 7.05 Å². The molecule has 0 aliphatic heterocycles. The monoisotopic (exact) mass is 331 g/mol. The van der Waals surface area contributed by atoms with Gasteiger partial charge in [-0.1, -0.05) is 42.5 Å². The quantitative estimate of drug-likeness (QED) is 0.826. The van der Waals surface area contributed by atoms with Crippen molar-refractivity contribution in [2.45, 2.75) is 11.4 Å². The summed E-state index contributed by atoms with van der Waals surface area (Å²) in [5.41, 5.74) is 1.56. The molecule has 0 amide bonds. The van der Waals surface area contributed by atoms with Crippen molar-refractivity contribution in [3.8, 4) is 0 Å². The van der Waals surface area contributed by atoms with Gasteiger partial charge in [-0.2, -0.15) is 4.31 Å². The maximum Gasteiger partial charge on any atom is 0.328 e. The molecule has 0 fully saturated rings. The lowest BCUT2D eigenvalue weighted by molar-refractivity contribution is -0.131. The molecule has 0 saturated carbocycles. The van der Waals surface area contributed by atoms with Crippen molar-refractivity contribution >= 4 is 22.1 Å². The smallest absolute Gasteiger partial charge is 0.328 e. The number of benzene rings is 2. The molecule has 0 saturated heterocycles. The zero-order chi connectivity index (χ0) is 16.9. The Labute approximate surface area is 135 Å². The first-order valence-electron chi connectivity index (χ1n) is 6.91. The molecular weight excluding hydrogens is 314 g/mol. The second kappa shape index (κ2) is 7.21. The largest absolute Gasteiger partial charge is 0.478 e. The molecule has 2 rings (SSSR count). The van der Waals surface area contributed by atoms with Crippen LogP contribution in [0.25, 0.3) is 6.08 Å². The molecule has 2 aromatic rings. The van der Waals surface area contributed by atoms with E-state index in [0.29, 0.717) is 0 Å². The van der Waals surface area contributed by atoms with Gasteiger partial charge in [0.1, 0.15) is 0 Å². The zero-order valence-corrected chi connectivity index (χ0v) is 13.4. The maximum absolute atomic E-state index is 12.4. The summed E-state index contributed by atoms with van der Waals surface area (Å²) in [6.07, 6.45) is 2.54. The summed E-state index contributed by atoms with van der Waals surface area (Å²) in [7, 11) is -2.00. The third kappa shape index (κ3) is 4.51.